The summed E-state index contributed by atoms with van der Waals surface area (Å²) in [5, 5.41) is 15.1. The smallest absolute Gasteiger partial charge is 0.264 e. The second kappa shape index (κ2) is 8.78. The van der Waals surface area contributed by atoms with Gasteiger partial charge in [0, 0.05) is 23.2 Å². The van der Waals surface area contributed by atoms with Gasteiger partial charge in [0.05, 0.1) is 5.70 Å². The van der Waals surface area contributed by atoms with Gasteiger partial charge in [0.1, 0.15) is 17.5 Å². The van der Waals surface area contributed by atoms with E-state index in [9.17, 15) is 14.9 Å². The summed E-state index contributed by atoms with van der Waals surface area (Å²) >= 11 is 0. The van der Waals surface area contributed by atoms with E-state index in [2.05, 4.69) is 15.6 Å². The fourth-order valence-electron chi connectivity index (χ4n) is 2.86. The standard InChI is InChI=1S/C22H20N4O2/c1-2-3-13-24-22(28)18(14-23)19-16-11-7-8-12-17(16)20(25-19)26-21(27)15-9-5-4-6-10-15/h4-12H,2-3,13H2,1H3,(H,24,28)(H,25,26,27). The number of hydrogen-bond donors (Lipinski definition) is 2. The molecule has 0 atom stereocenters. The van der Waals surface area contributed by atoms with Gasteiger partial charge in [-0.1, -0.05) is 55.8 Å². The highest BCUT2D eigenvalue weighted by molar-refractivity contribution is 6.20. The van der Waals surface area contributed by atoms with Gasteiger partial charge in [0.15, 0.2) is 0 Å². The molecule has 1 aliphatic rings. The average Bonchev–Trinajstić information content (AvgIpc) is 3.08. The Hall–Kier alpha value is -3.72. The van der Waals surface area contributed by atoms with Crippen molar-refractivity contribution in [2.45, 2.75) is 19.8 Å². The quantitative estimate of drug-likeness (QED) is 0.480. The van der Waals surface area contributed by atoms with Gasteiger partial charge in [-0.2, -0.15) is 5.26 Å². The molecule has 1 heterocycles. The van der Waals surface area contributed by atoms with Gasteiger partial charge in [0.2, 0.25) is 0 Å². The summed E-state index contributed by atoms with van der Waals surface area (Å²) in [6, 6.07) is 18.0. The van der Waals surface area contributed by atoms with Gasteiger partial charge in [-0.05, 0) is 18.6 Å². The number of nitrogens with zero attached hydrogens (tertiary/aromatic N) is 2. The predicted molar refractivity (Wildman–Crippen MR) is 107 cm³/mol. The van der Waals surface area contributed by atoms with Crippen molar-refractivity contribution in [3.8, 4) is 6.07 Å². The molecule has 0 bridgehead atoms. The average molecular weight is 372 g/mol. The molecule has 6 nitrogen and oxygen atoms in total. The second-order valence-electron chi connectivity index (χ2n) is 6.27. The monoisotopic (exact) mass is 372 g/mol. The number of rotatable bonds is 5. The van der Waals surface area contributed by atoms with E-state index in [1.807, 2.05) is 25.1 Å². The van der Waals surface area contributed by atoms with Crippen molar-refractivity contribution in [3.63, 3.8) is 0 Å². The molecule has 1 aliphatic heterocycles. The van der Waals surface area contributed by atoms with Gasteiger partial charge in [0.25, 0.3) is 11.8 Å². The van der Waals surface area contributed by atoms with Crippen molar-refractivity contribution in [1.82, 2.24) is 10.6 Å². The van der Waals surface area contributed by atoms with Crippen LogP contribution in [0, 0.1) is 11.3 Å². The lowest BCUT2D eigenvalue weighted by Gasteiger charge is -2.06. The molecule has 6 heteroatoms. The van der Waals surface area contributed by atoms with E-state index < -0.39 is 5.91 Å². The summed E-state index contributed by atoms with van der Waals surface area (Å²) in [4.78, 5) is 29.4. The molecule has 140 valence electrons. The van der Waals surface area contributed by atoms with Crippen LogP contribution in [0.2, 0.25) is 0 Å². The molecule has 28 heavy (non-hydrogen) atoms. The van der Waals surface area contributed by atoms with Crippen LogP contribution in [-0.2, 0) is 4.79 Å². The zero-order chi connectivity index (χ0) is 19.9. The topological polar surface area (TPSA) is 94.3 Å². The van der Waals surface area contributed by atoms with E-state index in [0.29, 0.717) is 29.1 Å². The van der Waals surface area contributed by atoms with Crippen LogP contribution in [0.25, 0.3) is 5.70 Å². The minimum atomic E-state index is -0.458. The first-order valence-electron chi connectivity index (χ1n) is 9.13. The van der Waals surface area contributed by atoms with Gasteiger partial charge in [-0.15, -0.1) is 0 Å². The number of amidine groups is 1. The minimum absolute atomic E-state index is 0.0625. The van der Waals surface area contributed by atoms with Gasteiger partial charge in [-0.25, -0.2) is 4.99 Å². The number of fused-ring (bicyclic) bond motifs is 1. The maximum absolute atomic E-state index is 12.5. The Morgan fingerprint density at radius 2 is 1.71 bits per heavy atom. The van der Waals surface area contributed by atoms with Crippen LogP contribution >= 0.6 is 0 Å². The van der Waals surface area contributed by atoms with Crippen molar-refractivity contribution >= 4 is 23.3 Å². The van der Waals surface area contributed by atoms with Gasteiger partial charge in [-0.3, -0.25) is 9.59 Å². The third kappa shape index (κ3) is 3.99. The van der Waals surface area contributed by atoms with Gasteiger partial charge >= 0.3 is 0 Å². The van der Waals surface area contributed by atoms with E-state index in [1.165, 1.54) is 0 Å². The molecule has 2 N–H and O–H groups in total. The Balaban J connectivity index is 1.95. The van der Waals surface area contributed by atoms with E-state index in [0.717, 1.165) is 12.8 Å². The maximum atomic E-state index is 12.5. The van der Waals surface area contributed by atoms with Crippen molar-refractivity contribution < 1.29 is 9.59 Å². The molecule has 0 saturated carbocycles. The number of hydrogen-bond acceptors (Lipinski definition) is 4. The van der Waals surface area contributed by atoms with E-state index in [1.54, 1.807) is 42.5 Å². The number of nitrogens with one attached hydrogen (secondary N) is 2. The summed E-state index contributed by atoms with van der Waals surface area (Å²) in [7, 11) is 0. The molecule has 2 aromatic carbocycles. The molecule has 0 radical (unpaired) electrons. The largest absolute Gasteiger partial charge is 0.351 e. The number of amides is 2. The highest BCUT2D eigenvalue weighted by Crippen LogP contribution is 2.30. The molecule has 0 aromatic heterocycles. The third-order valence-electron chi connectivity index (χ3n) is 4.32. The zero-order valence-corrected chi connectivity index (χ0v) is 15.5. The predicted octanol–water partition coefficient (Wildman–Crippen LogP) is 3.03. The van der Waals surface area contributed by atoms with Crippen LogP contribution in [0.1, 0.15) is 41.3 Å². The molecule has 0 fully saturated rings. The molecule has 0 aliphatic carbocycles. The molecule has 2 aromatic rings. The number of benzene rings is 2. The Morgan fingerprint density at radius 1 is 1.04 bits per heavy atom. The normalized spacial score (nSPS) is 13.8. The van der Waals surface area contributed by atoms with E-state index in [4.69, 9.17) is 0 Å². The van der Waals surface area contributed by atoms with Crippen molar-refractivity contribution in [2.75, 3.05) is 6.54 Å². The van der Waals surface area contributed by atoms with Crippen LogP contribution < -0.4 is 10.6 Å². The van der Waals surface area contributed by atoms with Gasteiger partial charge < -0.3 is 10.6 Å². The molecule has 0 unspecified atom stereocenters. The first-order valence-corrected chi connectivity index (χ1v) is 9.13. The fraction of sp³-hybridized carbons (Fsp3) is 0.182. The lowest BCUT2D eigenvalue weighted by molar-refractivity contribution is -0.117. The number of unbranched alkanes of at least 4 members (excludes halogenated alkanes) is 1. The van der Waals surface area contributed by atoms with Crippen LogP contribution in [0.5, 0.6) is 0 Å². The highest BCUT2D eigenvalue weighted by atomic mass is 16.2. The maximum Gasteiger partial charge on any atom is 0.264 e. The van der Waals surface area contributed by atoms with Crippen molar-refractivity contribution in [1.29, 1.82) is 5.26 Å². The molecular weight excluding hydrogens is 352 g/mol. The molecule has 3 rings (SSSR count). The van der Waals surface area contributed by atoms with Crippen LogP contribution in [0.15, 0.2) is 65.2 Å². The summed E-state index contributed by atoms with van der Waals surface area (Å²) in [5.41, 5.74) is 2.03. The number of aliphatic imine (C=N–C) groups is 1. The Bertz CT molecular complexity index is 1000. The molecular formula is C22H20N4O2. The van der Waals surface area contributed by atoms with E-state index in [-0.39, 0.29) is 17.2 Å². The first-order chi connectivity index (χ1) is 13.7. The Kier molecular flexibility index (Phi) is 5.97. The van der Waals surface area contributed by atoms with Crippen molar-refractivity contribution in [3.05, 3.63) is 76.9 Å². The SMILES string of the molecule is CCCCNC(=O)C(C#N)=C1N=C(NC(=O)c2ccccc2)c2ccccc21. The number of nitriles is 1. The first kappa shape index (κ1) is 19.1. The number of carbonyl (C=O) groups excluding carboxylic acids is 2. The lowest BCUT2D eigenvalue weighted by atomic mass is 10.0. The summed E-state index contributed by atoms with van der Waals surface area (Å²) in [5.74, 6) is -0.435. The Labute approximate surface area is 163 Å². The van der Waals surface area contributed by atoms with E-state index >= 15 is 0 Å². The van der Waals surface area contributed by atoms with Crippen LogP contribution in [0.4, 0.5) is 0 Å². The lowest BCUT2D eigenvalue weighted by Crippen LogP contribution is -2.30. The fourth-order valence-corrected chi connectivity index (χ4v) is 2.86. The minimum Gasteiger partial charge on any atom is -0.351 e. The number of carbonyl (C=O) groups is 2. The summed E-state index contributed by atoms with van der Waals surface area (Å²) < 4.78 is 0. The van der Waals surface area contributed by atoms with Crippen molar-refractivity contribution in [2.24, 2.45) is 4.99 Å². The second-order valence-corrected chi connectivity index (χ2v) is 6.27. The third-order valence-corrected chi connectivity index (χ3v) is 4.32. The van der Waals surface area contributed by atoms with Crippen LogP contribution in [-0.4, -0.2) is 24.2 Å². The van der Waals surface area contributed by atoms with Crippen LogP contribution in [0.3, 0.4) is 0 Å². The summed E-state index contributed by atoms with van der Waals surface area (Å²) in [6.07, 6.45) is 1.77. The Morgan fingerprint density at radius 3 is 2.39 bits per heavy atom. The zero-order valence-electron chi connectivity index (χ0n) is 15.5. The molecule has 0 saturated heterocycles. The highest BCUT2D eigenvalue weighted by Gasteiger charge is 2.27. The molecule has 0 spiro atoms. The summed E-state index contributed by atoms with van der Waals surface area (Å²) in [6.45, 7) is 2.52. The molecule has 2 amide bonds.